The molecule has 18 heavy (non-hydrogen) atoms. The Kier molecular flexibility index (Phi) is 2.74. The maximum Gasteiger partial charge on any atom is 0.276 e. The zero-order valence-corrected chi connectivity index (χ0v) is 10.1. The van der Waals surface area contributed by atoms with E-state index >= 15 is 0 Å². The molecular weight excluding hydrogens is 246 g/mol. The molecule has 0 spiro atoms. The van der Waals surface area contributed by atoms with Gasteiger partial charge in [0.2, 0.25) is 0 Å². The summed E-state index contributed by atoms with van der Waals surface area (Å²) >= 11 is 1.59. The number of carbonyl (C=O) groups excluding carboxylic acids is 1. The predicted octanol–water partition coefficient (Wildman–Crippen LogP) is 2.52. The van der Waals surface area contributed by atoms with Gasteiger partial charge in [-0.25, -0.2) is 0 Å². The van der Waals surface area contributed by atoms with E-state index in [0.29, 0.717) is 5.71 Å². The van der Waals surface area contributed by atoms with E-state index in [0.717, 1.165) is 16.8 Å². The van der Waals surface area contributed by atoms with Crippen LogP contribution >= 0.6 is 11.3 Å². The summed E-state index contributed by atoms with van der Waals surface area (Å²) in [6, 6.07) is 9.38. The third-order valence-corrected chi connectivity index (χ3v) is 3.25. The Hall–Kier alpha value is -2.27. The molecule has 0 saturated carbocycles. The number of hydrogen-bond acceptors (Lipinski definition) is 4. The quantitative estimate of drug-likeness (QED) is 0.650. The molecule has 1 aliphatic rings. The van der Waals surface area contributed by atoms with Gasteiger partial charge in [0.15, 0.2) is 5.71 Å². The number of nitrogens with zero attached hydrogens (tertiary/aromatic N) is 2. The van der Waals surface area contributed by atoms with Gasteiger partial charge in [0, 0.05) is 11.1 Å². The van der Waals surface area contributed by atoms with Crippen molar-refractivity contribution in [2.75, 3.05) is 5.32 Å². The Bertz CT molecular complexity index is 644. The second-order valence-electron chi connectivity index (χ2n) is 3.75. The van der Waals surface area contributed by atoms with Gasteiger partial charge in [-0.3, -0.25) is 4.79 Å². The van der Waals surface area contributed by atoms with Crippen LogP contribution in [0.15, 0.2) is 51.3 Å². The number of hydrogen-bond donors (Lipinski definition) is 1. The van der Waals surface area contributed by atoms with Gasteiger partial charge in [-0.1, -0.05) is 18.2 Å². The summed E-state index contributed by atoms with van der Waals surface area (Å²) in [7, 11) is 0. The lowest BCUT2D eigenvalue weighted by atomic mass is 10.1. The van der Waals surface area contributed by atoms with E-state index < -0.39 is 0 Å². The lowest BCUT2D eigenvalue weighted by molar-refractivity contribution is -0.110. The molecule has 0 aliphatic carbocycles. The zero-order valence-electron chi connectivity index (χ0n) is 9.33. The minimum atomic E-state index is -0.210. The van der Waals surface area contributed by atoms with Crippen molar-refractivity contribution in [1.82, 2.24) is 0 Å². The first-order chi connectivity index (χ1) is 8.84. The third-order valence-electron chi connectivity index (χ3n) is 2.55. The van der Waals surface area contributed by atoms with Crippen molar-refractivity contribution in [1.29, 1.82) is 0 Å². The Morgan fingerprint density at radius 2 is 2.11 bits per heavy atom. The number of nitrogens with one attached hydrogen (secondary N) is 1. The van der Waals surface area contributed by atoms with Gasteiger partial charge in [-0.05, 0) is 22.9 Å². The van der Waals surface area contributed by atoms with Crippen molar-refractivity contribution < 1.29 is 4.79 Å². The number of fused-ring (bicyclic) bond motifs is 1. The smallest absolute Gasteiger partial charge is 0.276 e. The Morgan fingerprint density at radius 1 is 1.22 bits per heavy atom. The van der Waals surface area contributed by atoms with Crippen LogP contribution in [0.4, 0.5) is 5.69 Å². The molecule has 4 nitrogen and oxygen atoms in total. The second kappa shape index (κ2) is 4.54. The maximum atomic E-state index is 11.7. The first-order valence-electron chi connectivity index (χ1n) is 5.38. The molecule has 2 aromatic rings. The van der Waals surface area contributed by atoms with Crippen molar-refractivity contribution in [2.45, 2.75) is 0 Å². The highest BCUT2D eigenvalue weighted by Crippen LogP contribution is 2.22. The molecule has 1 amide bonds. The number of anilines is 1. The molecule has 2 heterocycles. The Balaban J connectivity index is 1.90. The van der Waals surface area contributed by atoms with Crippen LogP contribution in [-0.2, 0) is 4.79 Å². The normalized spacial score (nSPS) is 16.2. The second-order valence-corrected chi connectivity index (χ2v) is 4.53. The lowest BCUT2D eigenvalue weighted by Gasteiger charge is -1.93. The van der Waals surface area contributed by atoms with Gasteiger partial charge in [-0.2, -0.15) is 16.4 Å². The monoisotopic (exact) mass is 255 g/mol. The molecule has 1 aliphatic heterocycles. The number of carbonyl (C=O) groups is 1. The van der Waals surface area contributed by atoms with Crippen LogP contribution in [0.1, 0.15) is 11.1 Å². The van der Waals surface area contributed by atoms with Crippen molar-refractivity contribution in [3.05, 3.63) is 52.2 Å². The molecule has 1 aromatic carbocycles. The topological polar surface area (TPSA) is 53.8 Å². The van der Waals surface area contributed by atoms with E-state index in [2.05, 4.69) is 15.5 Å². The van der Waals surface area contributed by atoms with E-state index in [1.807, 2.05) is 41.1 Å². The molecule has 0 bridgehead atoms. The van der Waals surface area contributed by atoms with Gasteiger partial charge in [0.05, 0.1) is 11.9 Å². The Morgan fingerprint density at radius 3 is 2.94 bits per heavy atom. The average Bonchev–Trinajstić information content (AvgIpc) is 2.98. The first kappa shape index (κ1) is 10.9. The van der Waals surface area contributed by atoms with Gasteiger partial charge >= 0.3 is 0 Å². The summed E-state index contributed by atoms with van der Waals surface area (Å²) < 4.78 is 0. The number of rotatable bonds is 2. The number of amides is 1. The molecule has 0 radical (unpaired) electrons. The summed E-state index contributed by atoms with van der Waals surface area (Å²) in [5.41, 5.74) is 2.92. The first-order valence-corrected chi connectivity index (χ1v) is 6.33. The van der Waals surface area contributed by atoms with Crippen LogP contribution < -0.4 is 5.32 Å². The summed E-state index contributed by atoms with van der Waals surface area (Å²) in [5, 5.41) is 14.6. The SMILES string of the molecule is O=C1Nc2ccccc2/C1=N/N=C/c1ccsc1. The fourth-order valence-electron chi connectivity index (χ4n) is 1.70. The highest BCUT2D eigenvalue weighted by atomic mass is 32.1. The Labute approximate surface area is 108 Å². The zero-order chi connectivity index (χ0) is 12.4. The summed E-state index contributed by atoms with van der Waals surface area (Å²) in [5.74, 6) is -0.210. The highest BCUT2D eigenvalue weighted by molar-refractivity contribution is 7.08. The van der Waals surface area contributed by atoms with Crippen LogP contribution in [0.3, 0.4) is 0 Å². The van der Waals surface area contributed by atoms with Crippen LogP contribution in [0.5, 0.6) is 0 Å². The van der Waals surface area contributed by atoms with Gasteiger partial charge in [0.25, 0.3) is 5.91 Å². The molecule has 5 heteroatoms. The van der Waals surface area contributed by atoms with Crippen molar-refractivity contribution in [2.24, 2.45) is 10.2 Å². The van der Waals surface area contributed by atoms with Crippen molar-refractivity contribution >= 4 is 34.9 Å². The number of benzene rings is 1. The van der Waals surface area contributed by atoms with Gasteiger partial charge in [-0.15, -0.1) is 5.10 Å². The number of para-hydroxylation sites is 1. The molecule has 0 unspecified atom stereocenters. The molecular formula is C13H9N3OS. The average molecular weight is 255 g/mol. The predicted molar refractivity (Wildman–Crippen MR) is 73.5 cm³/mol. The third kappa shape index (κ3) is 1.96. The van der Waals surface area contributed by atoms with Crippen molar-refractivity contribution in [3.8, 4) is 0 Å². The lowest BCUT2D eigenvalue weighted by Crippen LogP contribution is -2.13. The summed E-state index contributed by atoms with van der Waals surface area (Å²) in [6.07, 6.45) is 1.64. The molecule has 88 valence electrons. The van der Waals surface area contributed by atoms with E-state index in [1.165, 1.54) is 0 Å². The van der Waals surface area contributed by atoms with Gasteiger partial charge < -0.3 is 5.32 Å². The van der Waals surface area contributed by atoms with E-state index in [4.69, 9.17) is 0 Å². The van der Waals surface area contributed by atoms with E-state index in [9.17, 15) is 4.79 Å². The van der Waals surface area contributed by atoms with E-state index in [1.54, 1.807) is 17.6 Å². The molecule has 0 saturated heterocycles. The van der Waals surface area contributed by atoms with Gasteiger partial charge in [0.1, 0.15) is 0 Å². The van der Waals surface area contributed by atoms with E-state index in [-0.39, 0.29) is 5.91 Å². The van der Waals surface area contributed by atoms with Crippen LogP contribution in [-0.4, -0.2) is 17.8 Å². The molecule has 1 N–H and O–H groups in total. The molecule has 3 rings (SSSR count). The fraction of sp³-hybridized carbons (Fsp3) is 0. The van der Waals surface area contributed by atoms with Crippen molar-refractivity contribution in [3.63, 3.8) is 0 Å². The molecule has 0 atom stereocenters. The van der Waals surface area contributed by atoms with Crippen LogP contribution in [0, 0.1) is 0 Å². The standard InChI is InChI=1S/C13H9N3OS/c17-13-12(10-3-1-2-4-11(10)15-13)16-14-7-9-5-6-18-8-9/h1-8H,(H,15,16,17)/b14-7+. The largest absolute Gasteiger partial charge is 0.320 e. The van der Waals surface area contributed by atoms with Crippen LogP contribution in [0.2, 0.25) is 0 Å². The maximum absolute atomic E-state index is 11.7. The summed E-state index contributed by atoms with van der Waals surface area (Å²) in [6.45, 7) is 0. The molecule has 1 aromatic heterocycles. The fourth-order valence-corrected chi connectivity index (χ4v) is 2.31. The summed E-state index contributed by atoms with van der Waals surface area (Å²) in [4.78, 5) is 11.7. The minimum absolute atomic E-state index is 0.210. The van der Waals surface area contributed by atoms with Crippen LogP contribution in [0.25, 0.3) is 0 Å². The molecule has 0 fully saturated rings. The minimum Gasteiger partial charge on any atom is -0.320 e. The number of thiophene rings is 1. The highest BCUT2D eigenvalue weighted by Gasteiger charge is 2.25.